The van der Waals surface area contributed by atoms with Crippen molar-refractivity contribution < 1.29 is 28.5 Å². The van der Waals surface area contributed by atoms with E-state index in [0.717, 1.165) is 50.8 Å². The summed E-state index contributed by atoms with van der Waals surface area (Å²) >= 11 is 4.91. The SMILES string of the molecule is CC1(CC(=O)OCOc2ccccc2-c2cccc(S)c2-c2ccccc2OCOC(=O)CC2(C)C3CC4CC(C3)CC2C4)C2CC3CC(C2)CC1C3. The Labute approximate surface area is 320 Å². The van der Waals surface area contributed by atoms with Crippen LogP contribution >= 0.6 is 12.6 Å². The lowest BCUT2D eigenvalue weighted by atomic mass is 9.45. The second-order valence-corrected chi connectivity index (χ2v) is 18.7. The summed E-state index contributed by atoms with van der Waals surface area (Å²) in [5.41, 5.74) is 3.54. The fraction of sp³-hybridized carbons (Fsp3) is 0.565. The third-order valence-electron chi connectivity index (χ3n) is 15.3. The summed E-state index contributed by atoms with van der Waals surface area (Å²) < 4.78 is 24.0. The maximum Gasteiger partial charge on any atom is 0.309 e. The van der Waals surface area contributed by atoms with E-state index in [2.05, 4.69) is 13.8 Å². The third kappa shape index (κ3) is 6.57. The highest BCUT2D eigenvalue weighted by atomic mass is 32.1. The van der Waals surface area contributed by atoms with Crippen molar-refractivity contribution in [1.82, 2.24) is 0 Å². The zero-order chi connectivity index (χ0) is 36.3. The summed E-state index contributed by atoms with van der Waals surface area (Å²) in [4.78, 5) is 27.3. The second kappa shape index (κ2) is 14.0. The molecule has 11 rings (SSSR count). The van der Waals surface area contributed by atoms with Crippen LogP contribution in [0.25, 0.3) is 22.3 Å². The molecule has 8 aliphatic carbocycles. The molecule has 0 amide bonds. The highest BCUT2D eigenvalue weighted by Crippen LogP contribution is 2.64. The lowest BCUT2D eigenvalue weighted by molar-refractivity contribution is -0.164. The van der Waals surface area contributed by atoms with Gasteiger partial charge < -0.3 is 18.9 Å². The first-order chi connectivity index (χ1) is 25.7. The van der Waals surface area contributed by atoms with Crippen LogP contribution in [0.1, 0.15) is 90.9 Å². The monoisotopic (exact) mass is 734 g/mol. The van der Waals surface area contributed by atoms with E-state index >= 15 is 0 Å². The van der Waals surface area contributed by atoms with E-state index in [-0.39, 0.29) is 36.4 Å². The van der Waals surface area contributed by atoms with Crippen LogP contribution in [0, 0.1) is 58.2 Å². The minimum Gasteiger partial charge on any atom is -0.457 e. The van der Waals surface area contributed by atoms with Crippen molar-refractivity contribution >= 4 is 24.6 Å². The molecule has 53 heavy (non-hydrogen) atoms. The van der Waals surface area contributed by atoms with Gasteiger partial charge in [-0.1, -0.05) is 62.4 Å². The van der Waals surface area contributed by atoms with Crippen LogP contribution in [-0.4, -0.2) is 25.5 Å². The molecule has 8 saturated carbocycles. The molecule has 3 aromatic rings. The number of carbonyl (C=O) groups excluding carboxylic acids is 2. The summed E-state index contributed by atoms with van der Waals surface area (Å²) in [5, 5.41) is 0. The number of esters is 2. The van der Waals surface area contributed by atoms with Crippen molar-refractivity contribution in [2.75, 3.05) is 13.6 Å². The molecular formula is C46H54O6S. The molecule has 0 aliphatic heterocycles. The van der Waals surface area contributed by atoms with Gasteiger partial charge in [-0.2, -0.15) is 0 Å². The number of hydrogen-bond donors (Lipinski definition) is 1. The van der Waals surface area contributed by atoms with Crippen molar-refractivity contribution in [2.45, 2.75) is 95.8 Å². The van der Waals surface area contributed by atoms with Gasteiger partial charge in [0.2, 0.25) is 13.6 Å². The number of rotatable bonds is 12. The Balaban J connectivity index is 0.863. The number of hydrogen-bond acceptors (Lipinski definition) is 7. The smallest absolute Gasteiger partial charge is 0.309 e. The summed E-state index contributed by atoms with van der Waals surface area (Å²) in [7, 11) is 0. The lowest BCUT2D eigenvalue weighted by Gasteiger charge is -2.60. The van der Waals surface area contributed by atoms with Gasteiger partial charge in [-0.15, -0.1) is 12.6 Å². The molecular weight excluding hydrogens is 681 g/mol. The number of ether oxygens (including phenoxy) is 4. The van der Waals surface area contributed by atoms with Crippen molar-refractivity contribution in [3.8, 4) is 33.8 Å². The number of thiol groups is 1. The maximum atomic E-state index is 13.3. The van der Waals surface area contributed by atoms with Gasteiger partial charge in [-0.05, 0) is 146 Å². The van der Waals surface area contributed by atoms with Gasteiger partial charge in [0.25, 0.3) is 0 Å². The Morgan fingerprint density at radius 3 is 1.42 bits per heavy atom. The van der Waals surface area contributed by atoms with Gasteiger partial charge in [0.1, 0.15) is 11.5 Å². The van der Waals surface area contributed by atoms with Crippen molar-refractivity contribution in [1.29, 1.82) is 0 Å². The zero-order valence-electron chi connectivity index (χ0n) is 31.3. The molecule has 0 aromatic heterocycles. The highest BCUT2D eigenvalue weighted by Gasteiger charge is 2.56. The minimum absolute atomic E-state index is 0.0307. The molecule has 0 radical (unpaired) electrons. The Morgan fingerprint density at radius 2 is 0.943 bits per heavy atom. The average molecular weight is 735 g/mol. The van der Waals surface area contributed by atoms with Crippen molar-refractivity contribution in [3.05, 3.63) is 66.7 Å². The molecule has 0 unspecified atom stereocenters. The molecule has 0 saturated heterocycles. The van der Waals surface area contributed by atoms with Crippen LogP contribution in [-0.2, 0) is 19.1 Å². The van der Waals surface area contributed by atoms with Crippen LogP contribution in [0.3, 0.4) is 0 Å². The van der Waals surface area contributed by atoms with E-state index in [1.54, 1.807) is 0 Å². The maximum absolute atomic E-state index is 13.3. The summed E-state index contributed by atoms with van der Waals surface area (Å²) in [6.45, 7) is 4.37. The molecule has 0 spiro atoms. The molecule has 8 fully saturated rings. The topological polar surface area (TPSA) is 71.1 Å². The average Bonchev–Trinajstić information content (AvgIpc) is 3.13. The summed E-state index contributed by atoms with van der Waals surface area (Å²) in [6, 6.07) is 21.6. The Morgan fingerprint density at radius 1 is 0.547 bits per heavy atom. The predicted molar refractivity (Wildman–Crippen MR) is 207 cm³/mol. The van der Waals surface area contributed by atoms with Crippen LogP contribution in [0.2, 0.25) is 0 Å². The van der Waals surface area contributed by atoms with Gasteiger partial charge >= 0.3 is 11.9 Å². The fourth-order valence-corrected chi connectivity index (χ4v) is 13.1. The first-order valence-corrected chi connectivity index (χ1v) is 20.7. The highest BCUT2D eigenvalue weighted by molar-refractivity contribution is 7.80. The Bertz CT molecular complexity index is 1810. The van der Waals surface area contributed by atoms with Gasteiger partial charge in [-0.25, -0.2) is 0 Å². The first kappa shape index (κ1) is 35.3. The molecule has 8 bridgehead atoms. The lowest BCUT2D eigenvalue weighted by Crippen LogP contribution is -2.52. The summed E-state index contributed by atoms with van der Waals surface area (Å²) in [6.07, 6.45) is 13.9. The van der Waals surface area contributed by atoms with Gasteiger partial charge in [-0.3, -0.25) is 9.59 Å². The second-order valence-electron chi connectivity index (χ2n) is 18.2. The third-order valence-corrected chi connectivity index (χ3v) is 15.7. The zero-order valence-corrected chi connectivity index (χ0v) is 32.2. The quantitative estimate of drug-likeness (QED) is 0.113. The van der Waals surface area contributed by atoms with Crippen LogP contribution in [0.15, 0.2) is 71.6 Å². The first-order valence-electron chi connectivity index (χ1n) is 20.2. The van der Waals surface area contributed by atoms with Crippen LogP contribution in [0.5, 0.6) is 11.5 Å². The molecule has 0 N–H and O–H groups in total. The summed E-state index contributed by atoms with van der Waals surface area (Å²) in [5.74, 6) is 6.86. The molecule has 8 aliphatic rings. The number of benzene rings is 3. The van der Waals surface area contributed by atoms with E-state index in [1.165, 1.54) is 64.2 Å². The van der Waals surface area contributed by atoms with Crippen molar-refractivity contribution in [3.63, 3.8) is 0 Å². The molecule has 0 atom stereocenters. The molecule has 0 heterocycles. The number of carbonyl (C=O) groups is 2. The Kier molecular flexibility index (Phi) is 9.31. The van der Waals surface area contributed by atoms with Gasteiger partial charge in [0, 0.05) is 21.6 Å². The number of para-hydroxylation sites is 2. The Hall–Kier alpha value is -3.45. The fourth-order valence-electron chi connectivity index (χ4n) is 12.8. The molecule has 280 valence electrons. The van der Waals surface area contributed by atoms with E-state index in [9.17, 15) is 9.59 Å². The van der Waals surface area contributed by atoms with Gasteiger partial charge in [0.15, 0.2) is 0 Å². The van der Waals surface area contributed by atoms with Gasteiger partial charge in [0.05, 0.1) is 12.8 Å². The van der Waals surface area contributed by atoms with Crippen molar-refractivity contribution in [2.24, 2.45) is 58.2 Å². The normalized spacial score (nSPS) is 34.5. The van der Waals surface area contributed by atoms with E-state index in [0.29, 0.717) is 48.0 Å². The molecule has 6 nitrogen and oxygen atoms in total. The van der Waals surface area contributed by atoms with Crippen LogP contribution in [0.4, 0.5) is 0 Å². The van der Waals surface area contributed by atoms with E-state index < -0.39 is 0 Å². The van der Waals surface area contributed by atoms with E-state index in [4.69, 9.17) is 31.6 Å². The standard InChI is InChI=1S/C46H54O6S/c1-45(32-16-28-14-29(18-32)19-33(45)17-28)24-42(47)51-26-49-39-11-5-3-8-36(39)37-10-7-13-41(53)44(37)38-9-4-6-12-40(38)50-27-52-43(48)25-46(2)34-20-30-15-31(22-34)23-35(46)21-30/h3-13,28-35,53H,14-27H2,1-2H3. The van der Waals surface area contributed by atoms with Crippen LogP contribution < -0.4 is 9.47 Å². The molecule has 3 aromatic carbocycles. The largest absolute Gasteiger partial charge is 0.457 e. The molecule has 7 heteroatoms. The predicted octanol–water partition coefficient (Wildman–Crippen LogP) is 10.8. The van der Waals surface area contributed by atoms with E-state index in [1.807, 2.05) is 66.7 Å². The minimum atomic E-state index is -0.174.